The fraction of sp³-hybridized carbons (Fsp3) is 0.444. The molecule has 2 heterocycles. The van der Waals surface area contributed by atoms with Crippen molar-refractivity contribution in [3.63, 3.8) is 0 Å². The molecular formula is C18H25N7OS. The summed E-state index contributed by atoms with van der Waals surface area (Å²) in [5.41, 5.74) is 5.74. The molecule has 1 fully saturated rings. The van der Waals surface area contributed by atoms with E-state index < -0.39 is 0 Å². The maximum Gasteiger partial charge on any atom is 0.186 e. The summed E-state index contributed by atoms with van der Waals surface area (Å²) >= 11 is 5.29. The molecule has 0 radical (unpaired) electrons. The molecule has 9 heteroatoms. The van der Waals surface area contributed by atoms with E-state index in [1.165, 1.54) is 6.33 Å². The van der Waals surface area contributed by atoms with Crippen LogP contribution >= 0.6 is 12.2 Å². The Labute approximate surface area is 164 Å². The van der Waals surface area contributed by atoms with E-state index in [9.17, 15) is 0 Å². The van der Waals surface area contributed by atoms with Crippen molar-refractivity contribution < 1.29 is 4.74 Å². The second kappa shape index (κ2) is 10.1. The van der Waals surface area contributed by atoms with Gasteiger partial charge in [-0.2, -0.15) is 10.2 Å². The Morgan fingerprint density at radius 1 is 1.26 bits per heavy atom. The summed E-state index contributed by atoms with van der Waals surface area (Å²) in [6, 6.07) is 7.95. The van der Waals surface area contributed by atoms with Gasteiger partial charge in [0.15, 0.2) is 5.11 Å². The van der Waals surface area contributed by atoms with Crippen molar-refractivity contribution in [1.29, 1.82) is 0 Å². The highest BCUT2D eigenvalue weighted by Gasteiger charge is 2.09. The molecule has 1 saturated heterocycles. The van der Waals surface area contributed by atoms with E-state index in [4.69, 9.17) is 17.0 Å². The van der Waals surface area contributed by atoms with Crippen LogP contribution in [0.2, 0.25) is 0 Å². The van der Waals surface area contributed by atoms with Crippen molar-refractivity contribution in [2.45, 2.75) is 13.3 Å². The fourth-order valence-electron chi connectivity index (χ4n) is 2.76. The predicted octanol–water partition coefficient (Wildman–Crippen LogP) is 1.18. The Morgan fingerprint density at radius 2 is 2.04 bits per heavy atom. The lowest BCUT2D eigenvalue weighted by atomic mass is 10.1. The molecule has 0 unspecified atom stereocenters. The van der Waals surface area contributed by atoms with Gasteiger partial charge in [0.05, 0.1) is 24.6 Å². The Hall–Kier alpha value is -2.36. The van der Waals surface area contributed by atoms with Crippen LogP contribution < -0.4 is 10.7 Å². The summed E-state index contributed by atoms with van der Waals surface area (Å²) in [4.78, 5) is 6.36. The van der Waals surface area contributed by atoms with E-state index in [2.05, 4.69) is 30.8 Å². The average Bonchev–Trinajstić information content (AvgIpc) is 3.25. The van der Waals surface area contributed by atoms with Crippen molar-refractivity contribution in [1.82, 2.24) is 30.4 Å². The van der Waals surface area contributed by atoms with E-state index in [0.29, 0.717) is 5.11 Å². The molecule has 2 N–H and O–H groups in total. The number of ether oxygens (including phenoxy) is 1. The predicted molar refractivity (Wildman–Crippen MR) is 109 cm³/mol. The lowest BCUT2D eigenvalue weighted by Crippen LogP contribution is -2.39. The molecular weight excluding hydrogens is 362 g/mol. The minimum atomic E-state index is 0.538. The quantitative estimate of drug-likeness (QED) is 0.320. The third kappa shape index (κ3) is 6.09. The molecule has 144 valence electrons. The molecule has 0 spiro atoms. The van der Waals surface area contributed by atoms with Gasteiger partial charge in [-0.05, 0) is 49.8 Å². The van der Waals surface area contributed by atoms with E-state index >= 15 is 0 Å². The van der Waals surface area contributed by atoms with Gasteiger partial charge in [0.1, 0.15) is 12.7 Å². The molecule has 1 aliphatic rings. The Balaban J connectivity index is 1.39. The summed E-state index contributed by atoms with van der Waals surface area (Å²) in [7, 11) is 0. The van der Waals surface area contributed by atoms with Crippen molar-refractivity contribution in [3.8, 4) is 5.69 Å². The largest absolute Gasteiger partial charge is 0.379 e. The zero-order chi connectivity index (χ0) is 18.9. The molecule has 27 heavy (non-hydrogen) atoms. The number of thiocarbonyl (C=S) groups is 1. The number of morpholine rings is 1. The van der Waals surface area contributed by atoms with Crippen LogP contribution in [0.4, 0.5) is 0 Å². The molecule has 2 aromatic rings. The number of nitrogens with one attached hydrogen (secondary N) is 2. The first-order valence-electron chi connectivity index (χ1n) is 9.06. The SMILES string of the molecule is CC(=NNC(=S)NCCCN1CCOCC1)c1ccc(-n2cncn2)cc1. The third-order valence-corrected chi connectivity index (χ3v) is 4.57. The summed E-state index contributed by atoms with van der Waals surface area (Å²) in [5.74, 6) is 0. The summed E-state index contributed by atoms with van der Waals surface area (Å²) in [5, 5.41) is 12.2. The van der Waals surface area contributed by atoms with Crippen LogP contribution in [0.25, 0.3) is 5.69 Å². The Bertz CT molecular complexity index is 740. The number of hydrogen-bond acceptors (Lipinski definition) is 6. The topological polar surface area (TPSA) is 79.6 Å². The van der Waals surface area contributed by atoms with E-state index in [1.54, 1.807) is 11.0 Å². The third-order valence-electron chi connectivity index (χ3n) is 4.33. The molecule has 0 amide bonds. The molecule has 1 aromatic heterocycles. The van der Waals surface area contributed by atoms with Crippen molar-refractivity contribution in [3.05, 3.63) is 42.5 Å². The maximum atomic E-state index is 5.35. The number of nitrogens with zero attached hydrogens (tertiary/aromatic N) is 5. The van der Waals surface area contributed by atoms with Gasteiger partial charge in [-0.25, -0.2) is 9.67 Å². The standard InChI is InChI=1S/C18H25N7OS/c1-15(16-3-5-17(6-4-16)25-14-19-13-21-25)22-23-18(27)20-7-2-8-24-9-11-26-12-10-24/h3-6,13-14H,2,7-12H2,1H3,(H2,20,23,27). The van der Waals surface area contributed by atoms with Gasteiger partial charge in [0, 0.05) is 19.6 Å². The molecule has 0 atom stereocenters. The van der Waals surface area contributed by atoms with Gasteiger partial charge in [-0.1, -0.05) is 12.1 Å². The molecule has 3 rings (SSSR count). The lowest BCUT2D eigenvalue weighted by molar-refractivity contribution is 0.0376. The monoisotopic (exact) mass is 387 g/mol. The smallest absolute Gasteiger partial charge is 0.186 e. The van der Waals surface area contributed by atoms with Crippen molar-refractivity contribution in [2.75, 3.05) is 39.4 Å². The van der Waals surface area contributed by atoms with Gasteiger partial charge < -0.3 is 10.1 Å². The minimum Gasteiger partial charge on any atom is -0.379 e. The zero-order valence-electron chi connectivity index (χ0n) is 15.5. The van der Waals surface area contributed by atoms with E-state index in [1.807, 2.05) is 31.2 Å². The molecule has 0 saturated carbocycles. The Kier molecular flexibility index (Phi) is 7.26. The maximum absolute atomic E-state index is 5.35. The second-order valence-electron chi connectivity index (χ2n) is 6.26. The molecule has 1 aliphatic heterocycles. The van der Waals surface area contributed by atoms with Gasteiger partial charge in [-0.3, -0.25) is 10.3 Å². The number of hydrogen-bond donors (Lipinski definition) is 2. The van der Waals surface area contributed by atoms with Gasteiger partial charge in [0.2, 0.25) is 0 Å². The van der Waals surface area contributed by atoms with Crippen LogP contribution in [-0.2, 0) is 4.74 Å². The van der Waals surface area contributed by atoms with Crippen LogP contribution in [0, 0.1) is 0 Å². The molecule has 8 nitrogen and oxygen atoms in total. The van der Waals surface area contributed by atoms with Gasteiger partial charge in [-0.15, -0.1) is 0 Å². The number of aromatic nitrogens is 3. The first kappa shape index (κ1) is 19.4. The van der Waals surface area contributed by atoms with Crippen LogP contribution in [0.3, 0.4) is 0 Å². The lowest BCUT2D eigenvalue weighted by Gasteiger charge is -2.26. The molecule has 0 aliphatic carbocycles. The normalized spacial score (nSPS) is 15.5. The zero-order valence-corrected chi connectivity index (χ0v) is 16.3. The Morgan fingerprint density at radius 3 is 2.74 bits per heavy atom. The second-order valence-corrected chi connectivity index (χ2v) is 6.67. The summed E-state index contributed by atoms with van der Waals surface area (Å²) in [6.45, 7) is 7.52. The minimum absolute atomic E-state index is 0.538. The average molecular weight is 388 g/mol. The first-order chi connectivity index (χ1) is 13.2. The van der Waals surface area contributed by atoms with Gasteiger partial charge >= 0.3 is 0 Å². The van der Waals surface area contributed by atoms with E-state index in [0.717, 1.165) is 62.8 Å². The highest BCUT2D eigenvalue weighted by atomic mass is 32.1. The first-order valence-corrected chi connectivity index (χ1v) is 9.47. The van der Waals surface area contributed by atoms with E-state index in [-0.39, 0.29) is 0 Å². The number of rotatable bonds is 7. The number of benzene rings is 1. The van der Waals surface area contributed by atoms with Gasteiger partial charge in [0.25, 0.3) is 0 Å². The summed E-state index contributed by atoms with van der Waals surface area (Å²) in [6.07, 6.45) is 4.22. The van der Waals surface area contributed by atoms with Crippen LogP contribution in [0.15, 0.2) is 42.0 Å². The molecule has 0 bridgehead atoms. The van der Waals surface area contributed by atoms with Crippen molar-refractivity contribution in [2.24, 2.45) is 5.10 Å². The number of hydrazone groups is 1. The molecule has 1 aromatic carbocycles. The van der Waals surface area contributed by atoms with Crippen LogP contribution in [-0.4, -0.2) is 69.9 Å². The van der Waals surface area contributed by atoms with Crippen LogP contribution in [0.1, 0.15) is 18.9 Å². The fourth-order valence-corrected chi connectivity index (χ4v) is 2.91. The van der Waals surface area contributed by atoms with Crippen molar-refractivity contribution >= 4 is 23.0 Å². The highest BCUT2D eigenvalue weighted by Crippen LogP contribution is 2.08. The summed E-state index contributed by atoms with van der Waals surface area (Å²) < 4.78 is 7.06. The van der Waals surface area contributed by atoms with Crippen LogP contribution in [0.5, 0.6) is 0 Å². The highest BCUT2D eigenvalue weighted by molar-refractivity contribution is 7.80.